The standard InChI is InChI=1S/C25H33F3N8O/c1-16-11-31-33(2)23(16)17-3-6-34(7-4-17)22-9-21(20(10-29)24(32-22)25(26,27)28)35-13-19(14-35)36-8-5-30-12-18(36)15-37/h9,11,17-19,30,37H,3-8,12-15H2,1-2H3/t18-/m1/s1. The van der Waals surface area contributed by atoms with Crippen molar-refractivity contribution in [2.24, 2.45) is 7.05 Å². The zero-order valence-electron chi connectivity index (χ0n) is 21.2. The number of aliphatic hydroxyl groups is 1. The highest BCUT2D eigenvalue weighted by atomic mass is 19.4. The summed E-state index contributed by atoms with van der Waals surface area (Å²) in [7, 11) is 1.92. The van der Waals surface area contributed by atoms with Crippen LogP contribution in [0.1, 0.15) is 41.3 Å². The van der Waals surface area contributed by atoms with E-state index in [9.17, 15) is 23.5 Å². The van der Waals surface area contributed by atoms with E-state index < -0.39 is 17.4 Å². The van der Waals surface area contributed by atoms with Gasteiger partial charge in [0, 0.05) is 82.6 Å². The van der Waals surface area contributed by atoms with Crippen LogP contribution in [0.4, 0.5) is 24.7 Å². The fourth-order valence-electron chi connectivity index (χ4n) is 6.06. The van der Waals surface area contributed by atoms with Crippen molar-refractivity contribution in [3.8, 4) is 6.07 Å². The van der Waals surface area contributed by atoms with Gasteiger partial charge in [0.1, 0.15) is 17.5 Å². The molecule has 9 nitrogen and oxygen atoms in total. The summed E-state index contributed by atoms with van der Waals surface area (Å²) in [5.74, 6) is 0.554. The highest BCUT2D eigenvalue weighted by Crippen LogP contribution is 2.40. The van der Waals surface area contributed by atoms with E-state index in [1.165, 1.54) is 5.69 Å². The van der Waals surface area contributed by atoms with Gasteiger partial charge in [-0.25, -0.2) is 4.98 Å². The van der Waals surface area contributed by atoms with Crippen LogP contribution in [0.5, 0.6) is 0 Å². The van der Waals surface area contributed by atoms with E-state index in [1.807, 2.05) is 34.6 Å². The maximum absolute atomic E-state index is 14.0. The molecule has 0 aliphatic carbocycles. The molecule has 0 saturated carbocycles. The maximum atomic E-state index is 14.0. The molecule has 2 aromatic rings. The Labute approximate surface area is 214 Å². The lowest BCUT2D eigenvalue weighted by Crippen LogP contribution is -2.66. The smallest absolute Gasteiger partial charge is 0.395 e. The number of piperazine rings is 1. The molecule has 3 aliphatic rings. The Kier molecular flexibility index (Phi) is 7.04. The van der Waals surface area contributed by atoms with Gasteiger partial charge in [0.25, 0.3) is 0 Å². The van der Waals surface area contributed by atoms with Crippen LogP contribution in [0, 0.1) is 18.3 Å². The number of anilines is 2. The third-order valence-electron chi connectivity index (χ3n) is 8.03. The van der Waals surface area contributed by atoms with E-state index in [-0.39, 0.29) is 30.2 Å². The molecule has 200 valence electrons. The van der Waals surface area contributed by atoms with Crippen LogP contribution in [0.15, 0.2) is 12.3 Å². The van der Waals surface area contributed by atoms with Gasteiger partial charge in [0.15, 0.2) is 5.69 Å². The summed E-state index contributed by atoms with van der Waals surface area (Å²) in [6.07, 6.45) is -1.31. The fourth-order valence-corrected chi connectivity index (χ4v) is 6.06. The van der Waals surface area contributed by atoms with Crippen LogP contribution in [-0.4, -0.2) is 89.3 Å². The van der Waals surface area contributed by atoms with E-state index in [0.29, 0.717) is 38.6 Å². The lowest BCUT2D eigenvalue weighted by atomic mass is 9.91. The molecule has 0 radical (unpaired) electrons. The van der Waals surface area contributed by atoms with Gasteiger partial charge >= 0.3 is 6.18 Å². The first kappa shape index (κ1) is 25.8. The summed E-state index contributed by atoms with van der Waals surface area (Å²) in [6, 6.07) is 3.55. The third kappa shape index (κ3) is 4.87. The number of aryl methyl sites for hydroxylation is 2. The Morgan fingerprint density at radius 2 is 1.92 bits per heavy atom. The monoisotopic (exact) mass is 518 g/mol. The van der Waals surface area contributed by atoms with Crippen molar-refractivity contribution >= 4 is 11.5 Å². The van der Waals surface area contributed by atoms with Gasteiger partial charge in [0.2, 0.25) is 0 Å². The predicted octanol–water partition coefficient (Wildman–Crippen LogP) is 1.85. The number of aromatic nitrogens is 3. The molecule has 3 aliphatic heterocycles. The lowest BCUT2D eigenvalue weighted by molar-refractivity contribution is -0.141. The SMILES string of the molecule is Cc1cnn(C)c1C1CCN(c2cc(N3CC(N4CCNC[C@@H]4CO)C3)c(C#N)c(C(F)(F)F)n2)CC1. The van der Waals surface area contributed by atoms with Gasteiger partial charge < -0.3 is 20.2 Å². The number of halogens is 3. The second-order valence-corrected chi connectivity index (χ2v) is 10.3. The summed E-state index contributed by atoms with van der Waals surface area (Å²) in [4.78, 5) is 9.94. The molecule has 0 aromatic carbocycles. The molecule has 12 heteroatoms. The van der Waals surface area contributed by atoms with E-state index in [4.69, 9.17) is 0 Å². The Morgan fingerprint density at radius 1 is 1.19 bits per heavy atom. The normalized spacial score (nSPS) is 22.2. The molecular weight excluding hydrogens is 485 g/mol. The summed E-state index contributed by atoms with van der Waals surface area (Å²) >= 11 is 0. The van der Waals surface area contributed by atoms with Crippen molar-refractivity contribution in [2.75, 3.05) is 62.2 Å². The van der Waals surface area contributed by atoms with Gasteiger partial charge in [-0.1, -0.05) is 0 Å². The van der Waals surface area contributed by atoms with Gasteiger partial charge in [-0.3, -0.25) is 9.58 Å². The van der Waals surface area contributed by atoms with E-state index in [2.05, 4.69) is 20.3 Å². The number of nitrogens with one attached hydrogen (secondary N) is 1. The third-order valence-corrected chi connectivity index (χ3v) is 8.03. The first-order valence-corrected chi connectivity index (χ1v) is 12.8. The minimum atomic E-state index is -4.73. The molecule has 3 saturated heterocycles. The van der Waals surface area contributed by atoms with Crippen molar-refractivity contribution < 1.29 is 18.3 Å². The quantitative estimate of drug-likeness (QED) is 0.619. The highest BCUT2D eigenvalue weighted by molar-refractivity contribution is 5.68. The van der Waals surface area contributed by atoms with Gasteiger partial charge in [-0.05, 0) is 25.3 Å². The van der Waals surface area contributed by atoms with E-state index >= 15 is 0 Å². The van der Waals surface area contributed by atoms with Crippen molar-refractivity contribution in [3.63, 3.8) is 0 Å². The number of pyridine rings is 1. The van der Waals surface area contributed by atoms with Gasteiger partial charge in [0.05, 0.1) is 18.5 Å². The Balaban J connectivity index is 1.38. The summed E-state index contributed by atoms with van der Waals surface area (Å²) in [5, 5.41) is 27.1. The summed E-state index contributed by atoms with van der Waals surface area (Å²) in [6.45, 7) is 6.49. The first-order chi connectivity index (χ1) is 17.7. The zero-order valence-corrected chi connectivity index (χ0v) is 21.2. The molecule has 37 heavy (non-hydrogen) atoms. The lowest BCUT2D eigenvalue weighted by Gasteiger charge is -2.50. The molecule has 0 amide bonds. The predicted molar refractivity (Wildman–Crippen MR) is 133 cm³/mol. The van der Waals surface area contributed by atoms with Crippen LogP contribution < -0.4 is 15.1 Å². The molecule has 3 fully saturated rings. The number of aliphatic hydroxyl groups excluding tert-OH is 1. The van der Waals surface area contributed by atoms with Crippen LogP contribution in [0.2, 0.25) is 0 Å². The number of alkyl halides is 3. The summed E-state index contributed by atoms with van der Waals surface area (Å²) in [5.41, 5.74) is 1.04. The number of piperidine rings is 1. The fraction of sp³-hybridized carbons (Fsp3) is 0.640. The van der Waals surface area contributed by atoms with Crippen LogP contribution in [0.25, 0.3) is 0 Å². The average molecular weight is 519 g/mol. The van der Waals surface area contributed by atoms with Crippen molar-refractivity contribution in [1.29, 1.82) is 5.26 Å². The molecule has 5 rings (SSSR count). The molecule has 2 N–H and O–H groups in total. The molecule has 2 aromatic heterocycles. The molecule has 0 unspecified atom stereocenters. The minimum Gasteiger partial charge on any atom is -0.395 e. The number of hydrogen-bond acceptors (Lipinski definition) is 8. The highest BCUT2D eigenvalue weighted by Gasteiger charge is 2.42. The number of nitriles is 1. The Morgan fingerprint density at radius 3 is 2.51 bits per heavy atom. The van der Waals surface area contributed by atoms with Gasteiger partial charge in [-0.2, -0.15) is 23.5 Å². The second kappa shape index (κ2) is 10.1. The topological polar surface area (TPSA) is 96.5 Å². The number of nitrogens with zero attached hydrogens (tertiary/aromatic N) is 7. The largest absolute Gasteiger partial charge is 0.434 e. The van der Waals surface area contributed by atoms with Crippen molar-refractivity contribution in [1.82, 2.24) is 25.0 Å². The van der Waals surface area contributed by atoms with E-state index in [0.717, 1.165) is 31.5 Å². The minimum absolute atomic E-state index is 0.0144. The van der Waals surface area contributed by atoms with Crippen LogP contribution >= 0.6 is 0 Å². The molecule has 1 atom stereocenters. The molecule has 0 spiro atoms. The van der Waals surface area contributed by atoms with Crippen molar-refractivity contribution in [3.05, 3.63) is 34.8 Å². The van der Waals surface area contributed by atoms with E-state index in [1.54, 1.807) is 12.1 Å². The first-order valence-electron chi connectivity index (χ1n) is 12.8. The Hall–Kier alpha value is -2.88. The van der Waals surface area contributed by atoms with Crippen LogP contribution in [-0.2, 0) is 13.2 Å². The molecule has 5 heterocycles. The zero-order chi connectivity index (χ0) is 26.3. The number of hydrogen-bond donors (Lipinski definition) is 2. The number of rotatable bonds is 5. The maximum Gasteiger partial charge on any atom is 0.434 e. The van der Waals surface area contributed by atoms with Gasteiger partial charge in [-0.15, -0.1) is 0 Å². The molecule has 0 bridgehead atoms. The average Bonchev–Trinajstić information content (AvgIpc) is 3.20. The Bertz CT molecular complexity index is 1140. The summed E-state index contributed by atoms with van der Waals surface area (Å²) < 4.78 is 44.0. The second-order valence-electron chi connectivity index (χ2n) is 10.3. The van der Waals surface area contributed by atoms with Crippen molar-refractivity contribution in [2.45, 2.75) is 43.9 Å². The van der Waals surface area contributed by atoms with Crippen LogP contribution in [0.3, 0.4) is 0 Å². The molecular formula is C25H33F3N8O.